The van der Waals surface area contributed by atoms with Crippen molar-refractivity contribution in [3.63, 3.8) is 0 Å². The van der Waals surface area contributed by atoms with Crippen LogP contribution in [-0.2, 0) is 0 Å². The Balaban J connectivity index is 1.91. The van der Waals surface area contributed by atoms with Crippen LogP contribution in [0.2, 0.25) is 0 Å². The highest BCUT2D eigenvalue weighted by atomic mass is 32.1. The number of fused-ring (bicyclic) bond motifs is 1. The van der Waals surface area contributed by atoms with Gasteiger partial charge < -0.3 is 15.8 Å². The number of thiophene rings is 1. The van der Waals surface area contributed by atoms with Gasteiger partial charge in [-0.15, -0.1) is 16.4 Å². The Kier molecular flexibility index (Phi) is 3.41. The molecule has 3 N–H and O–H groups in total. The Bertz CT molecular complexity index is 816. The van der Waals surface area contributed by atoms with Crippen LogP contribution >= 0.6 is 11.3 Å². The third-order valence-corrected chi connectivity index (χ3v) is 4.06. The molecular weight excluding hydrogens is 288 g/mol. The average molecular weight is 300 g/mol. The zero-order valence-corrected chi connectivity index (χ0v) is 12.0. The van der Waals surface area contributed by atoms with Crippen molar-refractivity contribution in [3.05, 3.63) is 41.4 Å². The molecule has 0 radical (unpaired) electrons. The van der Waals surface area contributed by atoms with Crippen molar-refractivity contribution in [2.24, 2.45) is 0 Å². The van der Waals surface area contributed by atoms with E-state index in [0.29, 0.717) is 26.8 Å². The van der Waals surface area contributed by atoms with Crippen LogP contribution in [0.15, 0.2) is 36.5 Å². The van der Waals surface area contributed by atoms with Crippen molar-refractivity contribution in [2.75, 3.05) is 18.2 Å². The number of nitrogen functional groups attached to an aromatic ring is 1. The second-order valence-corrected chi connectivity index (χ2v) is 5.28. The van der Waals surface area contributed by atoms with Gasteiger partial charge in [-0.05, 0) is 18.2 Å². The Morgan fingerprint density at radius 1 is 1.38 bits per heavy atom. The third-order valence-electron chi connectivity index (χ3n) is 2.95. The summed E-state index contributed by atoms with van der Waals surface area (Å²) in [7, 11) is 1.57. The Morgan fingerprint density at radius 2 is 2.24 bits per heavy atom. The lowest BCUT2D eigenvalue weighted by Gasteiger charge is -2.06. The van der Waals surface area contributed by atoms with E-state index in [1.54, 1.807) is 43.6 Å². The van der Waals surface area contributed by atoms with E-state index in [4.69, 9.17) is 10.5 Å². The molecule has 21 heavy (non-hydrogen) atoms. The summed E-state index contributed by atoms with van der Waals surface area (Å²) in [6, 6.07) is 8.87. The van der Waals surface area contributed by atoms with Crippen LogP contribution in [0.1, 0.15) is 9.67 Å². The second kappa shape index (κ2) is 5.37. The van der Waals surface area contributed by atoms with E-state index >= 15 is 0 Å². The Hall–Kier alpha value is -2.67. The normalized spacial score (nSPS) is 10.5. The summed E-state index contributed by atoms with van der Waals surface area (Å²) in [5, 5.41) is 11.3. The number of amides is 1. The summed E-state index contributed by atoms with van der Waals surface area (Å²) in [5.41, 5.74) is 7.07. The first-order valence-corrected chi connectivity index (χ1v) is 6.96. The van der Waals surface area contributed by atoms with Crippen LogP contribution in [-0.4, -0.2) is 23.2 Å². The van der Waals surface area contributed by atoms with Gasteiger partial charge in [-0.2, -0.15) is 5.10 Å². The zero-order chi connectivity index (χ0) is 14.8. The van der Waals surface area contributed by atoms with Gasteiger partial charge in [0.1, 0.15) is 15.5 Å². The summed E-state index contributed by atoms with van der Waals surface area (Å²) >= 11 is 1.22. The number of hydrogen-bond acceptors (Lipinski definition) is 6. The molecule has 106 valence electrons. The Labute approximate surface area is 124 Å². The number of carbonyl (C=O) groups is 1. The number of nitrogens with zero attached hydrogens (tertiary/aromatic N) is 2. The van der Waals surface area contributed by atoms with Crippen molar-refractivity contribution < 1.29 is 9.53 Å². The number of benzene rings is 1. The molecule has 3 rings (SSSR count). The van der Waals surface area contributed by atoms with Gasteiger partial charge in [0.2, 0.25) is 0 Å². The zero-order valence-electron chi connectivity index (χ0n) is 11.2. The maximum atomic E-state index is 12.3. The molecule has 1 amide bonds. The fourth-order valence-corrected chi connectivity index (χ4v) is 2.86. The lowest BCUT2D eigenvalue weighted by atomic mass is 10.2. The fourth-order valence-electron chi connectivity index (χ4n) is 1.93. The number of rotatable bonds is 3. The first-order chi connectivity index (χ1) is 10.2. The summed E-state index contributed by atoms with van der Waals surface area (Å²) < 4.78 is 5.12. The maximum absolute atomic E-state index is 12.3. The minimum atomic E-state index is -0.274. The number of anilines is 2. The summed E-state index contributed by atoms with van der Waals surface area (Å²) in [6.45, 7) is 0. The van der Waals surface area contributed by atoms with Gasteiger partial charge in [0, 0.05) is 17.1 Å². The van der Waals surface area contributed by atoms with Crippen molar-refractivity contribution in [3.8, 4) is 5.75 Å². The molecule has 0 aliphatic carbocycles. The van der Waals surface area contributed by atoms with Crippen LogP contribution in [0.25, 0.3) is 10.2 Å². The van der Waals surface area contributed by atoms with Crippen molar-refractivity contribution in [1.82, 2.24) is 10.2 Å². The molecule has 0 aliphatic rings. The molecule has 0 fully saturated rings. The third kappa shape index (κ3) is 2.50. The van der Waals surface area contributed by atoms with E-state index in [0.717, 1.165) is 5.39 Å². The average Bonchev–Trinajstić information content (AvgIpc) is 2.85. The number of aromatic nitrogens is 2. The number of methoxy groups -OCH3 is 1. The number of ether oxygens (including phenoxy) is 1. The molecule has 0 saturated heterocycles. The predicted molar refractivity (Wildman–Crippen MR) is 82.8 cm³/mol. The smallest absolute Gasteiger partial charge is 0.267 e. The minimum absolute atomic E-state index is 0.274. The van der Waals surface area contributed by atoms with E-state index in [2.05, 4.69) is 15.5 Å². The predicted octanol–water partition coefficient (Wildman–Crippen LogP) is 2.53. The molecule has 2 aromatic heterocycles. The first kappa shape index (κ1) is 13.3. The van der Waals surface area contributed by atoms with E-state index < -0.39 is 0 Å². The molecule has 1 aromatic carbocycles. The molecule has 2 heterocycles. The van der Waals surface area contributed by atoms with Crippen molar-refractivity contribution in [2.45, 2.75) is 0 Å². The van der Waals surface area contributed by atoms with Crippen LogP contribution < -0.4 is 15.8 Å². The monoisotopic (exact) mass is 300 g/mol. The molecule has 0 saturated carbocycles. The van der Waals surface area contributed by atoms with Gasteiger partial charge in [-0.1, -0.05) is 6.07 Å². The molecule has 7 heteroatoms. The van der Waals surface area contributed by atoms with Gasteiger partial charge >= 0.3 is 0 Å². The molecule has 3 aromatic rings. The number of nitrogens with two attached hydrogens (primary N) is 1. The molecule has 0 aliphatic heterocycles. The van der Waals surface area contributed by atoms with E-state index in [9.17, 15) is 4.79 Å². The van der Waals surface area contributed by atoms with Crippen LogP contribution in [0.5, 0.6) is 5.75 Å². The largest absolute Gasteiger partial charge is 0.497 e. The highest BCUT2D eigenvalue weighted by Crippen LogP contribution is 2.32. The summed E-state index contributed by atoms with van der Waals surface area (Å²) in [5.74, 6) is 0.395. The van der Waals surface area contributed by atoms with Crippen LogP contribution in [0, 0.1) is 0 Å². The highest BCUT2D eigenvalue weighted by Gasteiger charge is 2.17. The van der Waals surface area contributed by atoms with E-state index in [1.807, 2.05) is 0 Å². The van der Waals surface area contributed by atoms with Crippen LogP contribution in [0.4, 0.5) is 11.4 Å². The molecule has 0 bridgehead atoms. The first-order valence-electron chi connectivity index (χ1n) is 6.14. The van der Waals surface area contributed by atoms with Crippen molar-refractivity contribution in [1.29, 1.82) is 0 Å². The molecule has 0 spiro atoms. The van der Waals surface area contributed by atoms with Crippen LogP contribution in [0.3, 0.4) is 0 Å². The number of hydrogen-bond donors (Lipinski definition) is 2. The Morgan fingerprint density at radius 3 is 3.00 bits per heavy atom. The molecule has 0 unspecified atom stereocenters. The van der Waals surface area contributed by atoms with Gasteiger partial charge in [-0.3, -0.25) is 4.79 Å². The molecular formula is C14H12N4O2S. The van der Waals surface area contributed by atoms with Gasteiger partial charge in [0.15, 0.2) is 0 Å². The second-order valence-electron chi connectivity index (χ2n) is 4.28. The standard InChI is InChI=1S/C14H12N4O2S/c1-20-9-4-2-3-8(7-9)17-13(19)12-11(15)10-5-6-16-18-14(10)21-12/h2-7H,15H2,1H3,(H,17,19). The number of carbonyl (C=O) groups excluding carboxylic acids is 1. The van der Waals surface area contributed by atoms with Crippen molar-refractivity contribution >= 4 is 38.8 Å². The van der Waals surface area contributed by atoms with Gasteiger partial charge in [0.05, 0.1) is 19.0 Å². The van der Waals surface area contributed by atoms with Gasteiger partial charge in [-0.25, -0.2) is 0 Å². The highest BCUT2D eigenvalue weighted by molar-refractivity contribution is 7.21. The summed E-state index contributed by atoms with van der Waals surface area (Å²) in [4.78, 5) is 13.4. The van der Waals surface area contributed by atoms with Gasteiger partial charge in [0.25, 0.3) is 5.91 Å². The lowest BCUT2D eigenvalue weighted by molar-refractivity contribution is 0.103. The fraction of sp³-hybridized carbons (Fsp3) is 0.0714. The molecule has 0 atom stereocenters. The minimum Gasteiger partial charge on any atom is -0.497 e. The summed E-state index contributed by atoms with van der Waals surface area (Å²) in [6.07, 6.45) is 1.55. The van der Waals surface area contributed by atoms with E-state index in [1.165, 1.54) is 11.3 Å². The topological polar surface area (TPSA) is 90.1 Å². The van der Waals surface area contributed by atoms with E-state index in [-0.39, 0.29) is 5.91 Å². The quantitative estimate of drug-likeness (QED) is 0.775. The maximum Gasteiger partial charge on any atom is 0.267 e. The SMILES string of the molecule is COc1cccc(NC(=O)c2sc3nnccc3c2N)c1. The number of nitrogens with one attached hydrogen (secondary N) is 1. The molecule has 6 nitrogen and oxygen atoms in total. The lowest BCUT2D eigenvalue weighted by Crippen LogP contribution is -2.11.